The van der Waals surface area contributed by atoms with Gasteiger partial charge in [0.1, 0.15) is 5.75 Å². The molecule has 1 fully saturated rings. The maximum absolute atomic E-state index is 12.1. The summed E-state index contributed by atoms with van der Waals surface area (Å²) in [5, 5.41) is 8.82. The molecule has 3 nitrogen and oxygen atoms in total. The van der Waals surface area contributed by atoms with Crippen molar-refractivity contribution in [2.45, 2.75) is 77.0 Å². The van der Waals surface area contributed by atoms with Gasteiger partial charge in [-0.2, -0.15) is 5.26 Å². The summed E-state index contributed by atoms with van der Waals surface area (Å²) in [6.07, 6.45) is 11.9. The predicted octanol–water partition coefficient (Wildman–Crippen LogP) is 6.95. The van der Waals surface area contributed by atoms with Crippen LogP contribution in [0.2, 0.25) is 0 Å². The van der Waals surface area contributed by atoms with Crippen LogP contribution in [-0.4, -0.2) is 5.97 Å². The fourth-order valence-electron chi connectivity index (χ4n) is 4.45. The molecule has 0 spiro atoms. The van der Waals surface area contributed by atoms with Crippen molar-refractivity contribution in [3.63, 3.8) is 0 Å². The van der Waals surface area contributed by atoms with Crippen LogP contribution in [-0.2, 0) is 11.2 Å². The first-order valence-corrected chi connectivity index (χ1v) is 11.5. The number of carbonyl (C=O) groups is 1. The minimum Gasteiger partial charge on any atom is -0.427 e. The van der Waals surface area contributed by atoms with Crippen LogP contribution >= 0.6 is 0 Å². The van der Waals surface area contributed by atoms with Gasteiger partial charge < -0.3 is 4.74 Å². The number of hydrogen-bond donors (Lipinski definition) is 0. The summed E-state index contributed by atoms with van der Waals surface area (Å²) in [7, 11) is 0. The average molecular weight is 404 g/mol. The molecule has 3 heteroatoms. The van der Waals surface area contributed by atoms with Gasteiger partial charge >= 0.3 is 5.97 Å². The molecule has 0 amide bonds. The Morgan fingerprint density at radius 2 is 1.70 bits per heavy atom. The van der Waals surface area contributed by atoms with Crippen molar-refractivity contribution in [3.8, 4) is 11.8 Å². The van der Waals surface area contributed by atoms with E-state index in [1.165, 1.54) is 62.5 Å². The van der Waals surface area contributed by atoms with E-state index in [1.807, 2.05) is 0 Å². The zero-order valence-corrected chi connectivity index (χ0v) is 18.1. The van der Waals surface area contributed by atoms with Gasteiger partial charge in [-0.3, -0.25) is 4.79 Å². The molecule has 30 heavy (non-hydrogen) atoms. The van der Waals surface area contributed by atoms with Crippen LogP contribution in [0.3, 0.4) is 0 Å². The van der Waals surface area contributed by atoms with Gasteiger partial charge in [-0.1, -0.05) is 56.9 Å². The van der Waals surface area contributed by atoms with Crippen LogP contribution in [0.25, 0.3) is 0 Å². The Kier molecular flexibility index (Phi) is 8.51. The van der Waals surface area contributed by atoms with Crippen molar-refractivity contribution >= 4 is 5.97 Å². The molecule has 2 aromatic carbocycles. The smallest absolute Gasteiger partial charge is 0.311 e. The molecule has 3 rings (SSSR count). The molecule has 0 N–H and O–H groups in total. The lowest BCUT2D eigenvalue weighted by atomic mass is 9.77. The highest BCUT2D eigenvalue weighted by molar-refractivity contribution is 5.72. The largest absolute Gasteiger partial charge is 0.427 e. The van der Waals surface area contributed by atoms with E-state index in [9.17, 15) is 4.79 Å². The SMILES string of the molecule is CCCCCC1CCC(c2ccc(CCC(=O)Oc3ccc(C#N)cc3)cc2)CC1. The molecule has 0 unspecified atom stereocenters. The third-order valence-corrected chi connectivity index (χ3v) is 6.35. The summed E-state index contributed by atoms with van der Waals surface area (Å²) in [6.45, 7) is 2.28. The standard InChI is InChI=1S/C27H33NO2/c1-2-3-4-5-21-6-13-24(14-7-21)25-15-8-22(9-16-25)12-19-27(29)30-26-17-10-23(20-28)11-18-26/h8-11,15-18,21,24H,2-7,12-14,19H2,1H3. The second kappa shape index (κ2) is 11.6. The van der Waals surface area contributed by atoms with Crippen molar-refractivity contribution < 1.29 is 9.53 Å². The predicted molar refractivity (Wildman–Crippen MR) is 120 cm³/mol. The van der Waals surface area contributed by atoms with Gasteiger partial charge in [0.2, 0.25) is 0 Å². The molecule has 0 atom stereocenters. The van der Waals surface area contributed by atoms with Gasteiger partial charge in [0, 0.05) is 6.42 Å². The van der Waals surface area contributed by atoms with E-state index in [0.29, 0.717) is 30.1 Å². The summed E-state index contributed by atoms with van der Waals surface area (Å²) in [5.41, 5.74) is 3.18. The van der Waals surface area contributed by atoms with Gasteiger partial charge in [0.15, 0.2) is 0 Å². The van der Waals surface area contributed by atoms with Crippen LogP contribution in [0, 0.1) is 17.2 Å². The molecule has 2 aromatic rings. The Balaban J connectivity index is 1.41. The van der Waals surface area contributed by atoms with E-state index in [1.54, 1.807) is 24.3 Å². The lowest BCUT2D eigenvalue weighted by molar-refractivity contribution is -0.134. The number of rotatable bonds is 9. The third-order valence-electron chi connectivity index (χ3n) is 6.35. The Bertz CT molecular complexity index is 825. The lowest BCUT2D eigenvalue weighted by Crippen LogP contribution is -2.13. The number of carbonyl (C=O) groups excluding carboxylic acids is 1. The van der Waals surface area contributed by atoms with E-state index < -0.39 is 0 Å². The molecule has 0 bridgehead atoms. The first kappa shape index (κ1) is 22.1. The molecule has 1 aliphatic carbocycles. The second-order valence-electron chi connectivity index (χ2n) is 8.57. The van der Waals surface area contributed by atoms with Crippen molar-refractivity contribution in [3.05, 3.63) is 65.2 Å². The summed E-state index contributed by atoms with van der Waals surface area (Å²) in [6, 6.07) is 17.5. The monoisotopic (exact) mass is 403 g/mol. The highest BCUT2D eigenvalue weighted by atomic mass is 16.5. The van der Waals surface area contributed by atoms with Crippen molar-refractivity contribution in [1.82, 2.24) is 0 Å². The zero-order chi connectivity index (χ0) is 21.2. The number of unbranched alkanes of at least 4 members (excludes halogenated alkanes) is 2. The summed E-state index contributed by atoms with van der Waals surface area (Å²) in [4.78, 5) is 12.1. The maximum Gasteiger partial charge on any atom is 0.311 e. The molecule has 0 radical (unpaired) electrons. The Morgan fingerprint density at radius 3 is 2.33 bits per heavy atom. The number of nitriles is 1. The van der Waals surface area contributed by atoms with Gasteiger partial charge in [-0.05, 0) is 79.3 Å². The maximum atomic E-state index is 12.1. The van der Waals surface area contributed by atoms with Crippen molar-refractivity contribution in [2.24, 2.45) is 5.92 Å². The summed E-state index contributed by atoms with van der Waals surface area (Å²) >= 11 is 0. The Labute approximate surface area is 181 Å². The van der Waals surface area contributed by atoms with Gasteiger partial charge in [-0.25, -0.2) is 0 Å². The van der Waals surface area contributed by atoms with Crippen LogP contribution in [0.5, 0.6) is 5.75 Å². The van der Waals surface area contributed by atoms with Crippen LogP contribution in [0.4, 0.5) is 0 Å². The normalized spacial score (nSPS) is 18.5. The average Bonchev–Trinajstić information content (AvgIpc) is 2.79. The van der Waals surface area contributed by atoms with Gasteiger partial charge in [0.05, 0.1) is 11.6 Å². The van der Waals surface area contributed by atoms with Gasteiger partial charge in [-0.15, -0.1) is 0 Å². The summed E-state index contributed by atoms with van der Waals surface area (Å²) in [5.74, 6) is 1.88. The molecule has 1 saturated carbocycles. The second-order valence-corrected chi connectivity index (χ2v) is 8.57. The highest BCUT2D eigenvalue weighted by Crippen LogP contribution is 2.37. The Morgan fingerprint density at radius 1 is 1.00 bits per heavy atom. The minimum absolute atomic E-state index is 0.245. The first-order chi connectivity index (χ1) is 14.7. The molecule has 0 aliphatic heterocycles. The fourth-order valence-corrected chi connectivity index (χ4v) is 4.45. The van der Waals surface area contributed by atoms with Crippen LogP contribution in [0.15, 0.2) is 48.5 Å². The Hall–Kier alpha value is -2.60. The number of benzene rings is 2. The summed E-state index contributed by atoms with van der Waals surface area (Å²) < 4.78 is 5.35. The van der Waals surface area contributed by atoms with Crippen LogP contribution < -0.4 is 4.74 Å². The third kappa shape index (κ3) is 6.73. The zero-order valence-electron chi connectivity index (χ0n) is 18.1. The van der Waals surface area contributed by atoms with E-state index in [2.05, 4.69) is 37.3 Å². The number of ether oxygens (including phenoxy) is 1. The van der Waals surface area contributed by atoms with E-state index in [0.717, 1.165) is 5.92 Å². The van der Waals surface area contributed by atoms with E-state index in [-0.39, 0.29) is 5.97 Å². The molecular formula is C27H33NO2. The molecule has 0 heterocycles. The topological polar surface area (TPSA) is 50.1 Å². The molecular weight excluding hydrogens is 370 g/mol. The van der Waals surface area contributed by atoms with Crippen molar-refractivity contribution in [1.29, 1.82) is 5.26 Å². The molecule has 158 valence electrons. The first-order valence-electron chi connectivity index (χ1n) is 11.5. The minimum atomic E-state index is -0.245. The molecule has 1 aliphatic rings. The molecule has 0 aromatic heterocycles. The van der Waals surface area contributed by atoms with Gasteiger partial charge in [0.25, 0.3) is 0 Å². The number of nitrogens with zero attached hydrogens (tertiary/aromatic N) is 1. The highest BCUT2D eigenvalue weighted by Gasteiger charge is 2.22. The lowest BCUT2D eigenvalue weighted by Gasteiger charge is -2.29. The molecule has 0 saturated heterocycles. The van der Waals surface area contributed by atoms with E-state index >= 15 is 0 Å². The van der Waals surface area contributed by atoms with Crippen LogP contribution in [0.1, 0.15) is 87.3 Å². The van der Waals surface area contributed by atoms with E-state index in [4.69, 9.17) is 10.00 Å². The quantitative estimate of drug-likeness (QED) is 0.258. The number of aryl methyl sites for hydroxylation is 1. The fraction of sp³-hybridized carbons (Fsp3) is 0.481. The van der Waals surface area contributed by atoms with Crippen molar-refractivity contribution in [2.75, 3.05) is 0 Å². The number of hydrogen-bond acceptors (Lipinski definition) is 3. The number of esters is 1.